The number of carbonyl (C=O) groups excluding carboxylic acids is 2. The van der Waals surface area contributed by atoms with Crippen LogP contribution in [0.1, 0.15) is 46.5 Å². The summed E-state index contributed by atoms with van der Waals surface area (Å²) in [6.07, 6.45) is 2.66. The molecule has 0 aliphatic carbocycles. The van der Waals surface area contributed by atoms with Crippen molar-refractivity contribution >= 4 is 11.7 Å². The monoisotopic (exact) mass is 199 g/mol. The predicted octanol–water partition coefficient (Wildman–Crippen LogP) is 1.91. The number of carbonyl (C=O) groups is 2. The minimum absolute atomic E-state index is 0.0619. The molecule has 0 aromatic carbocycles. The van der Waals surface area contributed by atoms with Crippen molar-refractivity contribution in [3.05, 3.63) is 0 Å². The second-order valence-electron chi connectivity index (χ2n) is 4.09. The molecule has 14 heavy (non-hydrogen) atoms. The number of hydrogen-bond donors (Lipinski definition) is 1. The summed E-state index contributed by atoms with van der Waals surface area (Å²) in [6, 6.07) is 0. The maximum Gasteiger partial charge on any atom is 0.220 e. The first-order valence-corrected chi connectivity index (χ1v) is 5.28. The third kappa shape index (κ3) is 9.23. The third-order valence-corrected chi connectivity index (χ3v) is 1.98. The maximum absolute atomic E-state index is 11.2. The van der Waals surface area contributed by atoms with Crippen molar-refractivity contribution in [1.29, 1.82) is 0 Å². The number of amides is 1. The van der Waals surface area contributed by atoms with Crippen LogP contribution >= 0.6 is 0 Å². The van der Waals surface area contributed by atoms with Gasteiger partial charge in [0.25, 0.3) is 0 Å². The lowest BCUT2D eigenvalue weighted by molar-refractivity contribution is -0.121. The second-order valence-corrected chi connectivity index (χ2v) is 4.09. The molecule has 0 radical (unpaired) electrons. The van der Waals surface area contributed by atoms with Crippen LogP contribution < -0.4 is 5.32 Å². The molecule has 82 valence electrons. The molecule has 1 N–H and O–H groups in total. The van der Waals surface area contributed by atoms with Gasteiger partial charge in [0.05, 0.1) is 0 Å². The Morgan fingerprint density at radius 1 is 1.21 bits per heavy atom. The molecular weight excluding hydrogens is 178 g/mol. The van der Waals surface area contributed by atoms with E-state index in [2.05, 4.69) is 19.2 Å². The fraction of sp³-hybridized carbons (Fsp3) is 0.818. The number of rotatable bonds is 7. The van der Waals surface area contributed by atoms with Crippen LogP contribution in [0.5, 0.6) is 0 Å². The highest BCUT2D eigenvalue weighted by Gasteiger charge is 2.02. The summed E-state index contributed by atoms with van der Waals surface area (Å²) in [5, 5.41) is 2.84. The van der Waals surface area contributed by atoms with Crippen molar-refractivity contribution in [2.24, 2.45) is 5.92 Å². The highest BCUT2D eigenvalue weighted by molar-refractivity contribution is 5.78. The van der Waals surface area contributed by atoms with Crippen LogP contribution in [0.3, 0.4) is 0 Å². The van der Waals surface area contributed by atoms with Crippen molar-refractivity contribution < 1.29 is 9.59 Å². The topological polar surface area (TPSA) is 46.2 Å². The zero-order chi connectivity index (χ0) is 11.0. The molecular formula is C11H21NO2. The van der Waals surface area contributed by atoms with Gasteiger partial charge in [0.1, 0.15) is 5.78 Å². The summed E-state index contributed by atoms with van der Waals surface area (Å²) >= 11 is 0. The Kier molecular flexibility index (Phi) is 7.07. The fourth-order valence-corrected chi connectivity index (χ4v) is 1.09. The summed E-state index contributed by atoms with van der Waals surface area (Å²) in [5.74, 6) is 0.833. The second kappa shape index (κ2) is 7.54. The van der Waals surface area contributed by atoms with Crippen molar-refractivity contribution in [3.8, 4) is 0 Å². The van der Waals surface area contributed by atoms with E-state index in [9.17, 15) is 9.59 Å². The Labute approximate surface area is 86.3 Å². The molecule has 3 heteroatoms. The number of nitrogens with one attached hydrogen (secondary N) is 1. The van der Waals surface area contributed by atoms with E-state index in [0.717, 1.165) is 13.0 Å². The molecule has 0 spiro atoms. The van der Waals surface area contributed by atoms with Gasteiger partial charge < -0.3 is 10.1 Å². The van der Waals surface area contributed by atoms with E-state index in [-0.39, 0.29) is 11.7 Å². The first kappa shape index (κ1) is 13.1. The van der Waals surface area contributed by atoms with Crippen molar-refractivity contribution in [2.45, 2.75) is 46.5 Å². The van der Waals surface area contributed by atoms with Crippen molar-refractivity contribution in [2.75, 3.05) is 6.54 Å². The van der Waals surface area contributed by atoms with E-state index in [0.29, 0.717) is 25.2 Å². The van der Waals surface area contributed by atoms with E-state index in [1.807, 2.05) is 0 Å². The Balaban J connectivity index is 3.33. The van der Waals surface area contributed by atoms with Gasteiger partial charge in [-0.1, -0.05) is 13.8 Å². The summed E-state index contributed by atoms with van der Waals surface area (Å²) in [6.45, 7) is 6.55. The molecule has 0 bridgehead atoms. The van der Waals surface area contributed by atoms with Crippen molar-refractivity contribution in [3.63, 3.8) is 0 Å². The third-order valence-electron chi connectivity index (χ3n) is 1.98. The molecule has 0 aliphatic heterocycles. The lowest BCUT2D eigenvalue weighted by Gasteiger charge is -2.06. The maximum atomic E-state index is 11.2. The van der Waals surface area contributed by atoms with E-state index in [1.165, 1.54) is 0 Å². The number of hydrogen-bond acceptors (Lipinski definition) is 2. The average molecular weight is 199 g/mol. The van der Waals surface area contributed by atoms with E-state index in [4.69, 9.17) is 0 Å². The van der Waals surface area contributed by atoms with Crippen LogP contribution in [0, 0.1) is 5.92 Å². The van der Waals surface area contributed by atoms with E-state index >= 15 is 0 Å². The Morgan fingerprint density at radius 2 is 1.86 bits per heavy atom. The van der Waals surface area contributed by atoms with Gasteiger partial charge in [-0.15, -0.1) is 0 Å². The average Bonchev–Trinajstić information content (AvgIpc) is 2.02. The van der Waals surface area contributed by atoms with Gasteiger partial charge in [-0.05, 0) is 25.7 Å². The molecule has 0 aromatic rings. The summed E-state index contributed by atoms with van der Waals surface area (Å²) < 4.78 is 0. The normalized spacial score (nSPS) is 10.3. The van der Waals surface area contributed by atoms with Gasteiger partial charge in [-0.2, -0.15) is 0 Å². The standard InChI is InChI=1S/C11H21NO2/c1-9(2)7-8-12-11(14)6-4-5-10(3)13/h9H,4-8H2,1-3H3,(H,12,14). The van der Waals surface area contributed by atoms with Gasteiger partial charge in [0.2, 0.25) is 5.91 Å². The lowest BCUT2D eigenvalue weighted by atomic mass is 10.1. The van der Waals surface area contributed by atoms with Crippen LogP contribution in [0.15, 0.2) is 0 Å². The SMILES string of the molecule is CC(=O)CCCC(=O)NCCC(C)C. The fourth-order valence-electron chi connectivity index (χ4n) is 1.09. The molecule has 0 heterocycles. The number of Topliss-reactive ketones (excluding diaryl/α,β-unsaturated/α-hetero) is 1. The minimum atomic E-state index is 0.0619. The summed E-state index contributed by atoms with van der Waals surface area (Å²) in [4.78, 5) is 21.8. The quantitative estimate of drug-likeness (QED) is 0.680. The Hall–Kier alpha value is -0.860. The molecule has 0 saturated heterocycles. The van der Waals surface area contributed by atoms with Crippen LogP contribution in [-0.4, -0.2) is 18.2 Å². The lowest BCUT2D eigenvalue weighted by Crippen LogP contribution is -2.25. The molecule has 0 atom stereocenters. The molecule has 0 fully saturated rings. The first-order chi connectivity index (χ1) is 6.52. The summed E-state index contributed by atoms with van der Waals surface area (Å²) in [5.41, 5.74) is 0. The zero-order valence-corrected chi connectivity index (χ0v) is 9.43. The van der Waals surface area contributed by atoms with Gasteiger partial charge in [-0.3, -0.25) is 4.79 Å². The van der Waals surface area contributed by atoms with Gasteiger partial charge in [-0.25, -0.2) is 0 Å². The minimum Gasteiger partial charge on any atom is -0.356 e. The molecule has 0 unspecified atom stereocenters. The molecule has 0 rings (SSSR count). The highest BCUT2D eigenvalue weighted by atomic mass is 16.1. The Morgan fingerprint density at radius 3 is 2.36 bits per heavy atom. The molecule has 3 nitrogen and oxygen atoms in total. The van der Waals surface area contributed by atoms with Crippen LogP contribution in [-0.2, 0) is 9.59 Å². The smallest absolute Gasteiger partial charge is 0.220 e. The highest BCUT2D eigenvalue weighted by Crippen LogP contribution is 1.98. The molecule has 1 amide bonds. The Bertz CT molecular complexity index is 188. The largest absolute Gasteiger partial charge is 0.356 e. The van der Waals surface area contributed by atoms with Gasteiger partial charge >= 0.3 is 0 Å². The van der Waals surface area contributed by atoms with Crippen LogP contribution in [0.4, 0.5) is 0 Å². The molecule has 0 aliphatic rings. The first-order valence-electron chi connectivity index (χ1n) is 5.28. The van der Waals surface area contributed by atoms with Crippen LogP contribution in [0.25, 0.3) is 0 Å². The predicted molar refractivity (Wildman–Crippen MR) is 57.0 cm³/mol. The molecule has 0 saturated carbocycles. The van der Waals surface area contributed by atoms with Crippen molar-refractivity contribution in [1.82, 2.24) is 5.32 Å². The summed E-state index contributed by atoms with van der Waals surface area (Å²) in [7, 11) is 0. The van der Waals surface area contributed by atoms with Crippen LogP contribution in [0.2, 0.25) is 0 Å². The number of ketones is 1. The van der Waals surface area contributed by atoms with Gasteiger partial charge in [0.15, 0.2) is 0 Å². The van der Waals surface area contributed by atoms with Gasteiger partial charge in [0, 0.05) is 19.4 Å². The van der Waals surface area contributed by atoms with E-state index < -0.39 is 0 Å². The molecule has 0 aromatic heterocycles. The van der Waals surface area contributed by atoms with E-state index in [1.54, 1.807) is 6.92 Å². The zero-order valence-electron chi connectivity index (χ0n) is 9.43.